The van der Waals surface area contributed by atoms with Gasteiger partial charge in [-0.3, -0.25) is 9.89 Å². The molecular weight excluding hydrogens is 512 g/mol. The van der Waals surface area contributed by atoms with Crippen LogP contribution in [0.25, 0.3) is 11.0 Å². The Balaban J connectivity index is 0.00000380. The zero-order valence-electron chi connectivity index (χ0n) is 22.4. The summed E-state index contributed by atoms with van der Waals surface area (Å²) in [6, 6.07) is 5.37. The number of imidazole rings is 1. The van der Waals surface area contributed by atoms with E-state index in [1.807, 2.05) is 20.2 Å². The summed E-state index contributed by atoms with van der Waals surface area (Å²) >= 11 is 0. The molecule has 11 heteroatoms. The summed E-state index contributed by atoms with van der Waals surface area (Å²) in [6.07, 6.45) is 5.25. The predicted molar refractivity (Wildman–Crippen MR) is 148 cm³/mol. The second-order valence-electron chi connectivity index (χ2n) is 11.4. The normalized spacial score (nSPS) is 15.4. The molecular formula is C26H39ClN6O3S. The number of amides is 1. The summed E-state index contributed by atoms with van der Waals surface area (Å²) in [5.74, 6) is 1.03. The maximum absolute atomic E-state index is 13.3. The molecule has 1 aliphatic heterocycles. The van der Waals surface area contributed by atoms with Crippen molar-refractivity contribution in [3.63, 3.8) is 0 Å². The van der Waals surface area contributed by atoms with Gasteiger partial charge in [-0.05, 0) is 56.5 Å². The molecule has 2 aromatic heterocycles. The number of hydrogen-bond acceptors (Lipinski definition) is 6. The maximum atomic E-state index is 13.3. The Hall–Kier alpha value is -2.43. The molecule has 0 spiro atoms. The number of hydrogen-bond donors (Lipinski definition) is 1. The van der Waals surface area contributed by atoms with Gasteiger partial charge in [-0.2, -0.15) is 5.10 Å². The van der Waals surface area contributed by atoms with E-state index in [9.17, 15) is 13.2 Å². The molecule has 1 amide bonds. The average molecular weight is 551 g/mol. The van der Waals surface area contributed by atoms with E-state index in [1.54, 1.807) is 23.2 Å². The Morgan fingerprint density at radius 3 is 2.49 bits per heavy atom. The van der Waals surface area contributed by atoms with Crippen molar-refractivity contribution in [3.8, 4) is 0 Å². The van der Waals surface area contributed by atoms with Gasteiger partial charge in [0.1, 0.15) is 5.82 Å². The van der Waals surface area contributed by atoms with Crippen LogP contribution in [0.1, 0.15) is 49.8 Å². The smallest absolute Gasteiger partial charge is 0.257 e. The monoisotopic (exact) mass is 550 g/mol. The largest absolute Gasteiger partial charge is 0.339 e. The van der Waals surface area contributed by atoms with Crippen molar-refractivity contribution in [1.82, 2.24) is 29.5 Å². The predicted octanol–water partition coefficient (Wildman–Crippen LogP) is 3.66. The number of aromatic amines is 1. The van der Waals surface area contributed by atoms with Crippen molar-refractivity contribution >= 4 is 39.2 Å². The number of fused-ring (bicyclic) bond motifs is 1. The molecule has 204 valence electrons. The first-order chi connectivity index (χ1) is 16.9. The van der Waals surface area contributed by atoms with Crippen LogP contribution < -0.4 is 0 Å². The van der Waals surface area contributed by atoms with Crippen LogP contribution in [0.15, 0.2) is 35.5 Å². The third-order valence-electron chi connectivity index (χ3n) is 6.72. The number of benzene rings is 1. The van der Waals surface area contributed by atoms with Gasteiger partial charge in [0.05, 0.1) is 33.4 Å². The molecule has 0 atom stereocenters. The first-order valence-electron chi connectivity index (χ1n) is 12.6. The molecule has 1 N–H and O–H groups in total. The van der Waals surface area contributed by atoms with E-state index in [-0.39, 0.29) is 35.4 Å². The minimum Gasteiger partial charge on any atom is -0.339 e. The van der Waals surface area contributed by atoms with E-state index in [0.717, 1.165) is 36.4 Å². The first kappa shape index (κ1) is 29.1. The minimum atomic E-state index is -3.47. The number of nitrogens with zero attached hydrogens (tertiary/aromatic N) is 5. The summed E-state index contributed by atoms with van der Waals surface area (Å²) < 4.78 is 28.9. The fourth-order valence-electron chi connectivity index (χ4n) is 4.77. The van der Waals surface area contributed by atoms with E-state index >= 15 is 0 Å². The van der Waals surface area contributed by atoms with Gasteiger partial charge in [-0.25, -0.2) is 13.4 Å². The summed E-state index contributed by atoms with van der Waals surface area (Å²) in [4.78, 5) is 21.7. The van der Waals surface area contributed by atoms with Crippen molar-refractivity contribution in [2.24, 2.45) is 11.3 Å². The number of carbonyl (C=O) groups excluding carboxylic acids is 1. The second kappa shape index (κ2) is 11.5. The van der Waals surface area contributed by atoms with Crippen LogP contribution >= 0.6 is 12.4 Å². The number of nitrogens with one attached hydrogen (secondary N) is 1. The highest BCUT2D eigenvalue weighted by atomic mass is 35.5. The van der Waals surface area contributed by atoms with Gasteiger partial charge in [-0.15, -0.1) is 12.4 Å². The number of aromatic nitrogens is 4. The van der Waals surface area contributed by atoms with Crippen molar-refractivity contribution in [1.29, 1.82) is 0 Å². The van der Waals surface area contributed by atoms with Gasteiger partial charge >= 0.3 is 0 Å². The maximum Gasteiger partial charge on any atom is 0.257 e. The molecule has 1 fully saturated rings. The SMILES string of the molecule is CN(C)CCn1c(CC(C)(C)C)nc2cc(S(=O)(=O)CC3CCN(C(=O)c4cn[nH]c4)CC3)ccc21.Cl. The molecule has 1 aromatic carbocycles. The van der Waals surface area contributed by atoms with Gasteiger partial charge in [-0.1, -0.05) is 20.8 Å². The molecule has 3 aromatic rings. The van der Waals surface area contributed by atoms with Crippen LogP contribution in [-0.2, 0) is 22.8 Å². The number of piperidine rings is 1. The molecule has 0 aliphatic carbocycles. The number of likely N-dealkylation sites (tertiary alicyclic amines) is 1. The molecule has 0 saturated carbocycles. The standard InChI is InChI=1S/C26H38N6O3S.ClH/c1-26(2,3)15-24-29-22-14-21(6-7-23(22)32(24)13-12-30(4)5)36(34,35)18-19-8-10-31(11-9-19)25(33)20-16-27-28-17-20;/h6-7,14,16-17,19H,8-13,15,18H2,1-5H3,(H,27,28);1H. The van der Waals surface area contributed by atoms with Gasteiger partial charge in [0, 0.05) is 38.8 Å². The number of H-pyrrole nitrogens is 1. The van der Waals surface area contributed by atoms with Crippen LogP contribution in [0.4, 0.5) is 0 Å². The molecule has 3 heterocycles. The Morgan fingerprint density at radius 2 is 1.89 bits per heavy atom. The summed E-state index contributed by atoms with van der Waals surface area (Å²) in [6.45, 7) is 9.35. The van der Waals surface area contributed by atoms with E-state index < -0.39 is 9.84 Å². The summed E-state index contributed by atoms with van der Waals surface area (Å²) in [5, 5.41) is 6.50. The van der Waals surface area contributed by atoms with Gasteiger partial charge in [0.2, 0.25) is 0 Å². The van der Waals surface area contributed by atoms with Crippen molar-refractivity contribution in [2.45, 2.75) is 51.5 Å². The molecule has 0 unspecified atom stereocenters. The van der Waals surface area contributed by atoms with Crippen LogP contribution in [-0.4, -0.2) is 83.4 Å². The lowest BCUT2D eigenvalue weighted by atomic mass is 9.92. The van der Waals surface area contributed by atoms with Crippen molar-refractivity contribution in [3.05, 3.63) is 42.0 Å². The zero-order chi connectivity index (χ0) is 26.1. The second-order valence-corrected chi connectivity index (χ2v) is 13.4. The van der Waals surface area contributed by atoms with Gasteiger partial charge in [0.25, 0.3) is 5.91 Å². The number of carbonyl (C=O) groups is 1. The molecule has 1 aliphatic rings. The quantitative estimate of drug-likeness (QED) is 0.459. The third-order valence-corrected chi connectivity index (χ3v) is 8.60. The van der Waals surface area contributed by atoms with Crippen LogP contribution in [0.3, 0.4) is 0 Å². The molecule has 0 radical (unpaired) electrons. The fourth-order valence-corrected chi connectivity index (χ4v) is 6.48. The lowest BCUT2D eigenvalue weighted by molar-refractivity contribution is 0.0698. The zero-order valence-corrected chi connectivity index (χ0v) is 24.0. The number of sulfone groups is 1. The molecule has 1 saturated heterocycles. The van der Waals surface area contributed by atoms with E-state index in [4.69, 9.17) is 4.98 Å². The number of halogens is 1. The minimum absolute atomic E-state index is 0. The lowest BCUT2D eigenvalue weighted by Gasteiger charge is -2.31. The Labute approximate surface area is 225 Å². The van der Waals surface area contributed by atoms with E-state index in [1.165, 1.54) is 6.20 Å². The molecule has 9 nitrogen and oxygen atoms in total. The summed E-state index contributed by atoms with van der Waals surface area (Å²) in [5.41, 5.74) is 2.31. The van der Waals surface area contributed by atoms with Crippen LogP contribution in [0, 0.1) is 11.3 Å². The molecule has 4 rings (SSSR count). The topological polar surface area (TPSA) is 104 Å². The molecule has 37 heavy (non-hydrogen) atoms. The molecule has 0 bridgehead atoms. The first-order valence-corrected chi connectivity index (χ1v) is 14.2. The van der Waals surface area contributed by atoms with Crippen molar-refractivity contribution < 1.29 is 13.2 Å². The van der Waals surface area contributed by atoms with E-state index in [2.05, 4.69) is 40.4 Å². The average Bonchev–Trinajstić information content (AvgIpc) is 3.44. The van der Waals surface area contributed by atoms with Crippen LogP contribution in [0.5, 0.6) is 0 Å². The number of rotatable bonds is 8. The fraction of sp³-hybridized carbons (Fsp3) is 0.577. The third kappa shape index (κ3) is 7.12. The van der Waals surface area contributed by atoms with Gasteiger partial charge < -0.3 is 14.4 Å². The number of likely N-dealkylation sites (N-methyl/N-ethyl adjacent to an activating group) is 1. The Morgan fingerprint density at radius 1 is 1.19 bits per heavy atom. The highest BCUT2D eigenvalue weighted by molar-refractivity contribution is 7.91. The van der Waals surface area contributed by atoms with Crippen molar-refractivity contribution in [2.75, 3.05) is 39.5 Å². The summed E-state index contributed by atoms with van der Waals surface area (Å²) in [7, 11) is 0.621. The highest BCUT2D eigenvalue weighted by Crippen LogP contribution is 2.28. The Kier molecular flexibility index (Phi) is 9.08. The lowest BCUT2D eigenvalue weighted by Crippen LogP contribution is -2.39. The highest BCUT2D eigenvalue weighted by Gasteiger charge is 2.29. The van der Waals surface area contributed by atoms with E-state index in [0.29, 0.717) is 36.4 Å². The van der Waals surface area contributed by atoms with Crippen LogP contribution in [0.2, 0.25) is 0 Å². The Bertz CT molecular complexity index is 1300. The van der Waals surface area contributed by atoms with Gasteiger partial charge in [0.15, 0.2) is 9.84 Å².